The minimum absolute atomic E-state index is 0.271. The van der Waals surface area contributed by atoms with Gasteiger partial charge < -0.3 is 15.6 Å². The van der Waals surface area contributed by atoms with Gasteiger partial charge in [-0.15, -0.1) is 0 Å². The number of carbonyl (C=O) groups is 1. The molecular weight excluding hydrogens is 371 g/mol. The van der Waals surface area contributed by atoms with Crippen molar-refractivity contribution in [2.75, 3.05) is 11.9 Å². The van der Waals surface area contributed by atoms with Crippen LogP contribution in [0.3, 0.4) is 0 Å². The van der Waals surface area contributed by atoms with Crippen LogP contribution in [0.1, 0.15) is 27.3 Å². The van der Waals surface area contributed by atoms with Crippen LogP contribution in [0.25, 0.3) is 10.9 Å². The summed E-state index contributed by atoms with van der Waals surface area (Å²) in [6.07, 6.45) is 2.53. The third-order valence-corrected chi connectivity index (χ3v) is 4.81. The molecule has 4 N–H and O–H groups in total. The number of fused-ring (bicyclic) bond motifs is 1. The van der Waals surface area contributed by atoms with Gasteiger partial charge in [0.25, 0.3) is 5.91 Å². The van der Waals surface area contributed by atoms with E-state index in [1.807, 2.05) is 25.1 Å². The maximum Gasteiger partial charge on any atom is 0.255 e. The highest BCUT2D eigenvalue weighted by molar-refractivity contribution is 6.05. The number of nitrogens with zero attached hydrogens (tertiary/aromatic N) is 2. The summed E-state index contributed by atoms with van der Waals surface area (Å²) in [5.41, 5.74) is 5.30. The molecule has 0 aliphatic rings. The van der Waals surface area contributed by atoms with Crippen molar-refractivity contribution >= 4 is 22.5 Å². The Kier molecular flexibility index (Phi) is 5.35. The molecule has 2 aromatic carbocycles. The van der Waals surface area contributed by atoms with Gasteiger partial charge in [0.2, 0.25) is 0 Å². The number of halogens is 1. The standard InChI is InChI=1S/C21H21FN6O/c1-13-18(8-9-23-11-17-12-24-28-27-17)19-10-16(6-7-20(19)25-13)26-21(29)14-2-4-15(22)5-3-14/h2-7,10,12,23,25H,8-9,11H2,1H3,(H,26,29)(H,24,27,28). The van der Waals surface area contributed by atoms with Crippen LogP contribution in [0.2, 0.25) is 0 Å². The van der Waals surface area contributed by atoms with Crippen LogP contribution in [-0.4, -0.2) is 32.8 Å². The van der Waals surface area contributed by atoms with E-state index in [1.54, 1.807) is 6.20 Å². The van der Waals surface area contributed by atoms with E-state index >= 15 is 0 Å². The summed E-state index contributed by atoms with van der Waals surface area (Å²) in [5, 5.41) is 17.7. The summed E-state index contributed by atoms with van der Waals surface area (Å²) < 4.78 is 13.1. The normalized spacial score (nSPS) is 11.1. The van der Waals surface area contributed by atoms with Crippen molar-refractivity contribution in [2.24, 2.45) is 0 Å². The number of aromatic nitrogens is 4. The van der Waals surface area contributed by atoms with Crippen molar-refractivity contribution < 1.29 is 9.18 Å². The van der Waals surface area contributed by atoms with Crippen LogP contribution < -0.4 is 10.6 Å². The van der Waals surface area contributed by atoms with Crippen molar-refractivity contribution in [1.82, 2.24) is 25.7 Å². The Morgan fingerprint density at radius 1 is 1.17 bits per heavy atom. The molecule has 1 amide bonds. The average molecular weight is 392 g/mol. The molecule has 0 spiro atoms. The fourth-order valence-corrected chi connectivity index (χ4v) is 3.33. The molecule has 148 valence electrons. The van der Waals surface area contributed by atoms with Crippen LogP contribution >= 0.6 is 0 Å². The lowest BCUT2D eigenvalue weighted by molar-refractivity contribution is 0.102. The number of H-pyrrole nitrogens is 2. The molecule has 0 aliphatic heterocycles. The summed E-state index contributed by atoms with van der Waals surface area (Å²) in [5.74, 6) is -0.639. The van der Waals surface area contributed by atoms with Crippen molar-refractivity contribution in [3.05, 3.63) is 77.0 Å². The van der Waals surface area contributed by atoms with Gasteiger partial charge in [0, 0.05) is 34.4 Å². The van der Waals surface area contributed by atoms with Gasteiger partial charge in [0.1, 0.15) is 5.82 Å². The molecule has 0 atom stereocenters. The van der Waals surface area contributed by atoms with E-state index in [-0.39, 0.29) is 11.7 Å². The lowest BCUT2D eigenvalue weighted by Gasteiger charge is -2.07. The second kappa shape index (κ2) is 8.24. The van der Waals surface area contributed by atoms with E-state index in [0.29, 0.717) is 17.8 Å². The number of amides is 1. The van der Waals surface area contributed by atoms with Gasteiger partial charge in [-0.2, -0.15) is 15.4 Å². The van der Waals surface area contributed by atoms with Gasteiger partial charge in [-0.3, -0.25) is 4.79 Å². The predicted octanol–water partition coefficient (Wildman–Crippen LogP) is 3.32. The molecule has 4 rings (SSSR count). The van der Waals surface area contributed by atoms with Crippen molar-refractivity contribution in [2.45, 2.75) is 19.9 Å². The van der Waals surface area contributed by atoms with Gasteiger partial charge in [0.05, 0.1) is 11.9 Å². The van der Waals surface area contributed by atoms with E-state index in [0.717, 1.165) is 35.3 Å². The number of nitrogens with one attached hydrogen (secondary N) is 4. The lowest BCUT2D eigenvalue weighted by Crippen LogP contribution is -2.17. The largest absolute Gasteiger partial charge is 0.358 e. The minimum Gasteiger partial charge on any atom is -0.358 e. The van der Waals surface area contributed by atoms with E-state index in [9.17, 15) is 9.18 Å². The number of hydrogen-bond donors (Lipinski definition) is 4. The SMILES string of the molecule is Cc1[nH]c2ccc(NC(=O)c3ccc(F)cc3)cc2c1CCNCc1cn[nH]n1. The summed E-state index contributed by atoms with van der Waals surface area (Å²) in [6, 6.07) is 11.3. The molecule has 4 aromatic rings. The number of benzene rings is 2. The number of rotatable bonds is 7. The number of carbonyl (C=O) groups excluding carboxylic acids is 1. The molecule has 29 heavy (non-hydrogen) atoms. The van der Waals surface area contributed by atoms with Gasteiger partial charge in [-0.25, -0.2) is 4.39 Å². The number of aryl methyl sites for hydroxylation is 1. The first kappa shape index (κ1) is 18.8. The van der Waals surface area contributed by atoms with Gasteiger partial charge in [-0.1, -0.05) is 0 Å². The average Bonchev–Trinajstić information content (AvgIpc) is 3.33. The van der Waals surface area contributed by atoms with Crippen LogP contribution in [0.5, 0.6) is 0 Å². The molecule has 0 aliphatic carbocycles. The van der Waals surface area contributed by atoms with Crippen LogP contribution in [-0.2, 0) is 13.0 Å². The van der Waals surface area contributed by atoms with E-state index in [2.05, 4.69) is 31.0 Å². The van der Waals surface area contributed by atoms with Gasteiger partial charge in [0.15, 0.2) is 0 Å². The maximum absolute atomic E-state index is 13.1. The third kappa shape index (κ3) is 4.33. The minimum atomic E-state index is -0.368. The number of anilines is 1. The topological polar surface area (TPSA) is 98.5 Å². The molecule has 0 radical (unpaired) electrons. The molecule has 0 bridgehead atoms. The molecular formula is C21H21FN6O. The maximum atomic E-state index is 13.1. The van der Waals surface area contributed by atoms with Gasteiger partial charge >= 0.3 is 0 Å². The molecule has 2 heterocycles. The second-order valence-corrected chi connectivity index (χ2v) is 6.84. The first-order valence-corrected chi connectivity index (χ1v) is 9.33. The highest BCUT2D eigenvalue weighted by Crippen LogP contribution is 2.26. The van der Waals surface area contributed by atoms with E-state index in [4.69, 9.17) is 0 Å². The Bertz CT molecular complexity index is 1120. The van der Waals surface area contributed by atoms with Crippen LogP contribution in [0.4, 0.5) is 10.1 Å². The smallest absolute Gasteiger partial charge is 0.255 e. The molecule has 0 unspecified atom stereocenters. The fourth-order valence-electron chi connectivity index (χ4n) is 3.33. The first-order valence-electron chi connectivity index (χ1n) is 9.33. The lowest BCUT2D eigenvalue weighted by atomic mass is 10.1. The molecule has 7 nitrogen and oxygen atoms in total. The van der Waals surface area contributed by atoms with Crippen LogP contribution in [0.15, 0.2) is 48.7 Å². The van der Waals surface area contributed by atoms with Crippen molar-refractivity contribution in [3.8, 4) is 0 Å². The molecule has 0 saturated carbocycles. The fraction of sp³-hybridized carbons (Fsp3) is 0.190. The number of aromatic amines is 2. The first-order chi connectivity index (χ1) is 14.1. The molecule has 0 saturated heterocycles. The zero-order valence-electron chi connectivity index (χ0n) is 15.9. The van der Waals surface area contributed by atoms with Crippen molar-refractivity contribution in [3.63, 3.8) is 0 Å². The van der Waals surface area contributed by atoms with Crippen LogP contribution in [0, 0.1) is 12.7 Å². The molecule has 8 heteroatoms. The predicted molar refractivity (Wildman–Crippen MR) is 109 cm³/mol. The summed E-state index contributed by atoms with van der Waals surface area (Å²) in [7, 11) is 0. The second-order valence-electron chi connectivity index (χ2n) is 6.84. The Morgan fingerprint density at radius 2 is 2.00 bits per heavy atom. The Hall–Kier alpha value is -3.52. The Morgan fingerprint density at radius 3 is 2.76 bits per heavy atom. The third-order valence-electron chi connectivity index (χ3n) is 4.81. The summed E-state index contributed by atoms with van der Waals surface area (Å²) >= 11 is 0. The zero-order chi connectivity index (χ0) is 20.2. The Labute approximate surface area is 166 Å². The van der Waals surface area contributed by atoms with Crippen molar-refractivity contribution in [1.29, 1.82) is 0 Å². The highest BCUT2D eigenvalue weighted by atomic mass is 19.1. The van der Waals surface area contributed by atoms with E-state index in [1.165, 1.54) is 29.8 Å². The zero-order valence-corrected chi connectivity index (χ0v) is 15.9. The van der Waals surface area contributed by atoms with E-state index < -0.39 is 0 Å². The monoisotopic (exact) mass is 392 g/mol. The molecule has 0 fully saturated rings. The number of hydrogen-bond acceptors (Lipinski definition) is 4. The summed E-state index contributed by atoms with van der Waals surface area (Å²) in [6.45, 7) is 3.48. The quantitative estimate of drug-likeness (QED) is 0.363. The summed E-state index contributed by atoms with van der Waals surface area (Å²) in [4.78, 5) is 15.8. The van der Waals surface area contributed by atoms with Gasteiger partial charge in [-0.05, 0) is 67.9 Å². The Balaban J connectivity index is 1.46. The highest BCUT2D eigenvalue weighted by Gasteiger charge is 2.11. The molecule has 2 aromatic heterocycles.